The summed E-state index contributed by atoms with van der Waals surface area (Å²) >= 11 is 0. The van der Waals surface area contributed by atoms with E-state index in [1.165, 1.54) is 11.8 Å². The van der Waals surface area contributed by atoms with Crippen molar-refractivity contribution in [1.82, 2.24) is 4.90 Å². The predicted octanol–water partition coefficient (Wildman–Crippen LogP) is 0.809. The van der Waals surface area contributed by atoms with Crippen LogP contribution < -0.4 is 0 Å². The Labute approximate surface area is 119 Å². The maximum atomic E-state index is 12.2. The van der Waals surface area contributed by atoms with Gasteiger partial charge in [-0.15, -0.1) is 0 Å². The molecule has 0 aromatic carbocycles. The first-order chi connectivity index (χ1) is 9.27. The van der Waals surface area contributed by atoms with E-state index in [1.807, 2.05) is 0 Å². The number of hydrogen-bond donors (Lipinski definition) is 1. The van der Waals surface area contributed by atoms with Gasteiger partial charge in [-0.1, -0.05) is 12.8 Å². The Morgan fingerprint density at radius 1 is 1.25 bits per heavy atom. The van der Waals surface area contributed by atoms with Crippen molar-refractivity contribution in [1.29, 1.82) is 0 Å². The summed E-state index contributed by atoms with van der Waals surface area (Å²) in [6.07, 6.45) is 3.97. The van der Waals surface area contributed by atoms with Crippen LogP contribution >= 0.6 is 0 Å². The van der Waals surface area contributed by atoms with Crippen LogP contribution in [0.1, 0.15) is 45.4 Å². The zero-order valence-corrected chi connectivity index (χ0v) is 12.5. The maximum absolute atomic E-state index is 12.2. The van der Waals surface area contributed by atoms with E-state index >= 15 is 0 Å². The number of carboxylic acids is 1. The van der Waals surface area contributed by atoms with Crippen LogP contribution in [0.2, 0.25) is 0 Å². The molecule has 2 aliphatic rings. The quantitative estimate of drug-likeness (QED) is 0.829. The fraction of sp³-hybridized carbons (Fsp3) is 0.846. The van der Waals surface area contributed by atoms with Gasteiger partial charge in [-0.3, -0.25) is 4.79 Å². The number of sulfone groups is 1. The van der Waals surface area contributed by atoms with Crippen LogP contribution in [0.15, 0.2) is 0 Å². The van der Waals surface area contributed by atoms with Gasteiger partial charge in [0.15, 0.2) is 9.84 Å². The minimum Gasteiger partial charge on any atom is -0.480 e. The number of likely N-dealkylation sites (tertiary alicyclic amines) is 1. The number of carbonyl (C=O) groups excluding carboxylic acids is 1. The molecular formula is C13H21NO5S. The molecular weight excluding hydrogens is 282 g/mol. The van der Waals surface area contributed by atoms with E-state index in [0.717, 1.165) is 12.8 Å². The number of nitrogens with zero attached hydrogens (tertiary/aromatic N) is 1. The Balaban J connectivity index is 2.10. The highest BCUT2D eigenvalue weighted by molar-refractivity contribution is 7.92. The molecule has 1 heterocycles. The van der Waals surface area contributed by atoms with Gasteiger partial charge in [-0.25, -0.2) is 13.2 Å². The first-order valence-corrected chi connectivity index (χ1v) is 8.74. The van der Waals surface area contributed by atoms with Crippen molar-refractivity contribution in [2.24, 2.45) is 0 Å². The van der Waals surface area contributed by atoms with Crippen LogP contribution in [0.5, 0.6) is 0 Å². The molecule has 1 saturated heterocycles. The van der Waals surface area contributed by atoms with E-state index < -0.39 is 38.3 Å². The standard InChI is InChI=1S/C13H21NO5S/c1-13(12(16)17)7-4-8-14(13)11(15)9-20(18,19)10-5-2-3-6-10/h10H,2-9H2,1H3,(H,16,17). The highest BCUT2D eigenvalue weighted by atomic mass is 32.2. The topological polar surface area (TPSA) is 91.8 Å². The average Bonchev–Trinajstić information content (AvgIpc) is 2.97. The number of rotatable bonds is 4. The zero-order chi connectivity index (χ0) is 15.0. The first-order valence-electron chi connectivity index (χ1n) is 7.03. The Hall–Kier alpha value is -1.11. The fourth-order valence-corrected chi connectivity index (χ4v) is 4.99. The summed E-state index contributed by atoms with van der Waals surface area (Å²) in [5, 5.41) is 8.83. The summed E-state index contributed by atoms with van der Waals surface area (Å²) in [5.41, 5.74) is -1.26. The van der Waals surface area contributed by atoms with Crippen LogP contribution in [0.25, 0.3) is 0 Å². The Bertz CT molecular complexity index is 509. The third-order valence-electron chi connectivity index (χ3n) is 4.54. The van der Waals surface area contributed by atoms with Gasteiger partial charge < -0.3 is 10.0 Å². The summed E-state index contributed by atoms with van der Waals surface area (Å²) in [6, 6.07) is 0. The second-order valence-corrected chi connectivity index (χ2v) is 8.22. The molecule has 1 unspecified atom stereocenters. The molecule has 114 valence electrons. The molecule has 0 spiro atoms. The number of carboxylic acid groups (broad SMARTS) is 1. The van der Waals surface area contributed by atoms with Crippen molar-refractivity contribution in [3.63, 3.8) is 0 Å². The summed E-state index contributed by atoms with van der Waals surface area (Å²) in [4.78, 5) is 24.8. The summed E-state index contributed by atoms with van der Waals surface area (Å²) in [6.45, 7) is 1.81. The Kier molecular flexibility index (Phi) is 4.09. The van der Waals surface area contributed by atoms with Crippen LogP contribution in [0.3, 0.4) is 0 Å². The van der Waals surface area contributed by atoms with Gasteiger partial charge in [0.2, 0.25) is 5.91 Å². The van der Waals surface area contributed by atoms with Gasteiger partial charge in [0.25, 0.3) is 0 Å². The second-order valence-electron chi connectivity index (χ2n) is 5.94. The molecule has 2 rings (SSSR count). The molecule has 2 fully saturated rings. The SMILES string of the molecule is CC1(C(=O)O)CCCN1C(=O)CS(=O)(=O)C1CCCC1. The van der Waals surface area contributed by atoms with Crippen molar-refractivity contribution in [3.05, 3.63) is 0 Å². The third kappa shape index (κ3) is 2.68. The smallest absolute Gasteiger partial charge is 0.329 e. The van der Waals surface area contributed by atoms with Gasteiger partial charge in [0.1, 0.15) is 11.3 Å². The van der Waals surface area contributed by atoms with E-state index in [2.05, 4.69) is 0 Å². The highest BCUT2D eigenvalue weighted by Crippen LogP contribution is 2.31. The molecule has 0 aromatic rings. The molecule has 0 aromatic heterocycles. The van der Waals surface area contributed by atoms with Gasteiger partial charge in [0.05, 0.1) is 5.25 Å². The molecule has 0 bridgehead atoms. The lowest BCUT2D eigenvalue weighted by Crippen LogP contribution is -2.52. The van der Waals surface area contributed by atoms with E-state index in [4.69, 9.17) is 0 Å². The predicted molar refractivity (Wildman–Crippen MR) is 73.0 cm³/mol. The summed E-state index contributed by atoms with van der Waals surface area (Å²) < 4.78 is 24.4. The third-order valence-corrected chi connectivity index (χ3v) is 6.67. The lowest BCUT2D eigenvalue weighted by molar-refractivity contribution is -0.154. The maximum Gasteiger partial charge on any atom is 0.329 e. The van der Waals surface area contributed by atoms with Crippen LogP contribution in [-0.4, -0.2) is 53.4 Å². The van der Waals surface area contributed by atoms with E-state index in [1.54, 1.807) is 0 Å². The van der Waals surface area contributed by atoms with Crippen molar-refractivity contribution in [2.45, 2.75) is 56.2 Å². The van der Waals surface area contributed by atoms with Crippen molar-refractivity contribution >= 4 is 21.7 Å². The molecule has 1 atom stereocenters. The largest absolute Gasteiger partial charge is 0.480 e. The lowest BCUT2D eigenvalue weighted by Gasteiger charge is -2.31. The lowest BCUT2D eigenvalue weighted by atomic mass is 9.99. The van der Waals surface area contributed by atoms with Crippen molar-refractivity contribution in [3.8, 4) is 0 Å². The van der Waals surface area contributed by atoms with Gasteiger partial charge in [0, 0.05) is 6.54 Å². The zero-order valence-electron chi connectivity index (χ0n) is 11.7. The van der Waals surface area contributed by atoms with E-state index in [-0.39, 0.29) is 0 Å². The molecule has 0 radical (unpaired) electrons. The number of amides is 1. The van der Waals surface area contributed by atoms with Gasteiger partial charge >= 0.3 is 5.97 Å². The van der Waals surface area contributed by atoms with Gasteiger partial charge in [-0.05, 0) is 32.6 Å². The number of carbonyl (C=O) groups is 2. The number of aliphatic carboxylic acids is 1. The molecule has 1 N–H and O–H groups in total. The monoisotopic (exact) mass is 303 g/mol. The summed E-state index contributed by atoms with van der Waals surface area (Å²) in [5.74, 6) is -2.19. The number of hydrogen-bond acceptors (Lipinski definition) is 4. The Morgan fingerprint density at radius 3 is 2.40 bits per heavy atom. The minimum atomic E-state index is -3.46. The molecule has 1 amide bonds. The highest BCUT2D eigenvalue weighted by Gasteiger charge is 2.47. The molecule has 1 aliphatic carbocycles. The minimum absolute atomic E-state index is 0.321. The van der Waals surface area contributed by atoms with Crippen LogP contribution in [0, 0.1) is 0 Å². The first kappa shape index (κ1) is 15.3. The molecule has 7 heteroatoms. The normalized spacial score (nSPS) is 27.9. The molecule has 20 heavy (non-hydrogen) atoms. The average molecular weight is 303 g/mol. The molecule has 1 saturated carbocycles. The van der Waals surface area contributed by atoms with Gasteiger partial charge in [-0.2, -0.15) is 0 Å². The van der Waals surface area contributed by atoms with Crippen molar-refractivity contribution in [2.75, 3.05) is 12.3 Å². The van der Waals surface area contributed by atoms with Crippen molar-refractivity contribution < 1.29 is 23.1 Å². The Morgan fingerprint density at radius 2 is 1.85 bits per heavy atom. The fourth-order valence-electron chi connectivity index (χ4n) is 3.20. The second kappa shape index (κ2) is 5.35. The van der Waals surface area contributed by atoms with E-state index in [9.17, 15) is 23.1 Å². The molecule has 1 aliphatic heterocycles. The molecule has 6 nitrogen and oxygen atoms in total. The van der Waals surface area contributed by atoms with Crippen LogP contribution in [0.4, 0.5) is 0 Å². The summed E-state index contributed by atoms with van der Waals surface area (Å²) in [7, 11) is -3.46. The van der Waals surface area contributed by atoms with E-state index in [0.29, 0.717) is 32.2 Å². The van der Waals surface area contributed by atoms with Crippen LogP contribution in [-0.2, 0) is 19.4 Å².